The molecule has 3 heteroatoms. The van der Waals surface area contributed by atoms with Gasteiger partial charge in [0.2, 0.25) is 0 Å². The van der Waals surface area contributed by atoms with Crippen molar-refractivity contribution in [2.24, 2.45) is 0 Å². The van der Waals surface area contributed by atoms with E-state index in [1.165, 1.54) is 16.3 Å². The summed E-state index contributed by atoms with van der Waals surface area (Å²) in [5.41, 5.74) is 1.36. The molecule has 0 amide bonds. The predicted molar refractivity (Wildman–Crippen MR) is 94.0 cm³/mol. The second kappa shape index (κ2) is 9.08. The Bertz CT molecular complexity index is 543. The first-order chi connectivity index (χ1) is 10.3. The van der Waals surface area contributed by atoms with Crippen LogP contribution < -0.4 is 5.32 Å². The van der Waals surface area contributed by atoms with Crippen molar-refractivity contribution >= 4 is 22.5 Å². The Balaban J connectivity index is 2.08. The van der Waals surface area contributed by atoms with Gasteiger partial charge in [0.1, 0.15) is 0 Å². The topological polar surface area (TPSA) is 32.3 Å². The molecule has 2 aromatic carbocycles. The van der Waals surface area contributed by atoms with Crippen molar-refractivity contribution in [2.75, 3.05) is 24.7 Å². The Hall–Kier alpha value is -1.03. The maximum Gasteiger partial charge on any atom is 0.0438 e. The Morgan fingerprint density at radius 3 is 2.71 bits per heavy atom. The van der Waals surface area contributed by atoms with Crippen LogP contribution in [0.5, 0.6) is 0 Å². The monoisotopic (exact) mass is 303 g/mol. The summed E-state index contributed by atoms with van der Waals surface area (Å²) in [6, 6.07) is 15.6. The molecular weight excluding hydrogens is 278 g/mol. The molecular formula is C18H25NOS. The van der Waals surface area contributed by atoms with Gasteiger partial charge in [-0.3, -0.25) is 0 Å². The van der Waals surface area contributed by atoms with E-state index in [9.17, 15) is 0 Å². The highest BCUT2D eigenvalue weighted by atomic mass is 32.2. The van der Waals surface area contributed by atoms with Crippen molar-refractivity contribution in [3.05, 3.63) is 48.0 Å². The summed E-state index contributed by atoms with van der Waals surface area (Å²) < 4.78 is 0. The normalized spacial score (nSPS) is 12.7. The average molecular weight is 303 g/mol. The lowest BCUT2D eigenvalue weighted by Crippen LogP contribution is -2.24. The van der Waals surface area contributed by atoms with Crippen molar-refractivity contribution in [3.8, 4) is 0 Å². The van der Waals surface area contributed by atoms with E-state index in [2.05, 4.69) is 54.7 Å². The van der Waals surface area contributed by atoms with Gasteiger partial charge in [0, 0.05) is 18.4 Å². The summed E-state index contributed by atoms with van der Waals surface area (Å²) in [4.78, 5) is 0. The number of rotatable bonds is 9. The maximum absolute atomic E-state index is 8.88. The number of hydrogen-bond acceptors (Lipinski definition) is 3. The molecule has 1 atom stereocenters. The number of hydrogen-bond donors (Lipinski definition) is 2. The van der Waals surface area contributed by atoms with Crippen LogP contribution in [0.15, 0.2) is 42.5 Å². The van der Waals surface area contributed by atoms with Crippen LogP contribution in [0.4, 0.5) is 0 Å². The second-order valence-corrected chi connectivity index (χ2v) is 6.42. The molecule has 0 aliphatic heterocycles. The van der Waals surface area contributed by atoms with Gasteiger partial charge >= 0.3 is 0 Å². The standard InChI is InChI=1S/C18H25NOS/c1-2-10-19-18(14-21-12-5-11-20)17-9-8-15-6-3-4-7-16(15)13-17/h3-4,6-9,13,18-20H,2,5,10-12,14H2,1H3. The van der Waals surface area contributed by atoms with Crippen LogP contribution in [0, 0.1) is 0 Å². The summed E-state index contributed by atoms with van der Waals surface area (Å²) in [7, 11) is 0. The van der Waals surface area contributed by atoms with Crippen LogP contribution in [-0.2, 0) is 0 Å². The van der Waals surface area contributed by atoms with Crippen LogP contribution >= 0.6 is 11.8 Å². The molecule has 2 N–H and O–H groups in total. The quantitative estimate of drug-likeness (QED) is 0.687. The van der Waals surface area contributed by atoms with E-state index in [0.717, 1.165) is 30.9 Å². The molecule has 21 heavy (non-hydrogen) atoms. The summed E-state index contributed by atoms with van der Waals surface area (Å²) in [5, 5.41) is 15.1. The highest BCUT2D eigenvalue weighted by Crippen LogP contribution is 2.23. The molecule has 0 aromatic heterocycles. The van der Waals surface area contributed by atoms with Crippen molar-refractivity contribution in [1.82, 2.24) is 5.32 Å². The molecule has 2 nitrogen and oxygen atoms in total. The average Bonchev–Trinajstić information content (AvgIpc) is 2.54. The van der Waals surface area contributed by atoms with Gasteiger partial charge < -0.3 is 10.4 Å². The van der Waals surface area contributed by atoms with E-state index in [0.29, 0.717) is 6.04 Å². The van der Waals surface area contributed by atoms with E-state index in [-0.39, 0.29) is 6.61 Å². The SMILES string of the molecule is CCCNC(CSCCCO)c1ccc2ccccc2c1. The molecule has 0 aliphatic rings. The summed E-state index contributed by atoms with van der Waals surface area (Å²) in [5.74, 6) is 2.08. The fourth-order valence-electron chi connectivity index (χ4n) is 2.38. The van der Waals surface area contributed by atoms with Crippen LogP contribution in [0.2, 0.25) is 0 Å². The number of fused-ring (bicyclic) bond motifs is 1. The minimum absolute atomic E-state index is 0.288. The second-order valence-electron chi connectivity index (χ2n) is 5.27. The predicted octanol–water partition coefficient (Wildman–Crippen LogP) is 4.00. The number of thioether (sulfide) groups is 1. The molecule has 0 aliphatic carbocycles. The van der Waals surface area contributed by atoms with Crippen molar-refractivity contribution in [2.45, 2.75) is 25.8 Å². The molecule has 114 valence electrons. The number of nitrogens with one attached hydrogen (secondary N) is 1. The first kappa shape index (κ1) is 16.3. The minimum atomic E-state index is 0.288. The Morgan fingerprint density at radius 2 is 1.95 bits per heavy atom. The molecule has 0 fully saturated rings. The fourth-order valence-corrected chi connectivity index (χ4v) is 3.43. The lowest BCUT2D eigenvalue weighted by Gasteiger charge is -2.19. The van der Waals surface area contributed by atoms with Crippen LogP contribution in [-0.4, -0.2) is 29.8 Å². The third-order valence-corrected chi connectivity index (χ3v) is 4.69. The van der Waals surface area contributed by atoms with Gasteiger partial charge in [-0.25, -0.2) is 0 Å². The van der Waals surface area contributed by atoms with Gasteiger partial charge in [0.05, 0.1) is 0 Å². The number of aliphatic hydroxyl groups is 1. The lowest BCUT2D eigenvalue weighted by molar-refractivity contribution is 0.296. The van der Waals surface area contributed by atoms with Gasteiger partial charge in [0.15, 0.2) is 0 Å². The maximum atomic E-state index is 8.88. The van der Waals surface area contributed by atoms with Crippen LogP contribution in [0.1, 0.15) is 31.4 Å². The zero-order valence-electron chi connectivity index (χ0n) is 12.7. The molecule has 2 rings (SSSR count). The fraction of sp³-hybridized carbons (Fsp3) is 0.444. The molecule has 0 spiro atoms. The molecule has 0 saturated carbocycles. The van der Waals surface area contributed by atoms with Gasteiger partial charge in [-0.2, -0.15) is 11.8 Å². The molecule has 0 bridgehead atoms. The first-order valence-electron chi connectivity index (χ1n) is 7.76. The Morgan fingerprint density at radius 1 is 1.14 bits per heavy atom. The van der Waals surface area contributed by atoms with Gasteiger partial charge in [0.25, 0.3) is 0 Å². The van der Waals surface area contributed by atoms with Crippen molar-refractivity contribution < 1.29 is 5.11 Å². The van der Waals surface area contributed by atoms with Gasteiger partial charge in [-0.1, -0.05) is 43.3 Å². The first-order valence-corrected chi connectivity index (χ1v) is 8.91. The Labute approximate surface area is 131 Å². The minimum Gasteiger partial charge on any atom is -0.396 e. The van der Waals surface area contributed by atoms with E-state index in [4.69, 9.17) is 5.11 Å². The van der Waals surface area contributed by atoms with E-state index in [1.807, 2.05) is 11.8 Å². The highest BCUT2D eigenvalue weighted by Gasteiger charge is 2.11. The van der Waals surface area contributed by atoms with Crippen molar-refractivity contribution in [3.63, 3.8) is 0 Å². The van der Waals surface area contributed by atoms with Crippen LogP contribution in [0.3, 0.4) is 0 Å². The summed E-state index contributed by atoms with van der Waals surface area (Å²) in [6.45, 7) is 3.53. The largest absolute Gasteiger partial charge is 0.396 e. The summed E-state index contributed by atoms with van der Waals surface area (Å²) >= 11 is 1.91. The molecule has 2 aromatic rings. The smallest absolute Gasteiger partial charge is 0.0438 e. The van der Waals surface area contributed by atoms with E-state index in [1.54, 1.807) is 0 Å². The highest BCUT2D eigenvalue weighted by molar-refractivity contribution is 7.99. The molecule has 0 saturated heterocycles. The van der Waals surface area contributed by atoms with Crippen molar-refractivity contribution in [1.29, 1.82) is 0 Å². The lowest BCUT2D eigenvalue weighted by atomic mass is 10.0. The van der Waals surface area contributed by atoms with E-state index >= 15 is 0 Å². The number of benzene rings is 2. The third kappa shape index (κ3) is 5.03. The molecule has 0 radical (unpaired) electrons. The Kier molecular flexibility index (Phi) is 7.07. The van der Waals surface area contributed by atoms with Gasteiger partial charge in [-0.05, 0) is 47.5 Å². The summed E-state index contributed by atoms with van der Waals surface area (Å²) in [6.07, 6.45) is 2.02. The zero-order chi connectivity index (χ0) is 14.9. The zero-order valence-corrected chi connectivity index (χ0v) is 13.5. The van der Waals surface area contributed by atoms with E-state index < -0.39 is 0 Å². The van der Waals surface area contributed by atoms with Gasteiger partial charge in [-0.15, -0.1) is 0 Å². The number of aliphatic hydroxyl groups excluding tert-OH is 1. The molecule has 0 heterocycles. The van der Waals surface area contributed by atoms with Crippen LogP contribution in [0.25, 0.3) is 10.8 Å². The molecule has 1 unspecified atom stereocenters. The third-order valence-electron chi connectivity index (χ3n) is 3.55.